The van der Waals surface area contributed by atoms with Crippen molar-refractivity contribution in [3.05, 3.63) is 88.9 Å². The first-order valence-electron chi connectivity index (χ1n) is 13.0. The van der Waals surface area contributed by atoms with E-state index < -0.39 is 6.09 Å². The highest BCUT2D eigenvalue weighted by atomic mass is 35.5. The number of para-hydroxylation sites is 1. The molecule has 1 atom stereocenters. The van der Waals surface area contributed by atoms with E-state index in [2.05, 4.69) is 38.7 Å². The molecule has 1 fully saturated rings. The van der Waals surface area contributed by atoms with E-state index in [0.717, 1.165) is 51.9 Å². The van der Waals surface area contributed by atoms with Gasteiger partial charge in [0, 0.05) is 54.2 Å². The number of carbonyl (C=O) groups excluding carboxylic acids is 1. The van der Waals surface area contributed by atoms with Gasteiger partial charge in [0.1, 0.15) is 0 Å². The highest BCUT2D eigenvalue weighted by molar-refractivity contribution is 6.30. The third-order valence-corrected chi connectivity index (χ3v) is 7.67. The molecule has 0 unspecified atom stereocenters. The molecule has 1 aliphatic rings. The number of benzene rings is 3. The molecule has 39 heavy (non-hydrogen) atoms. The summed E-state index contributed by atoms with van der Waals surface area (Å²) in [6.45, 7) is 1.60. The number of nitrogens with zero attached hydrogens (tertiary/aromatic N) is 4. The number of halogens is 1. The summed E-state index contributed by atoms with van der Waals surface area (Å²) in [7, 11) is 1.99. The third kappa shape index (κ3) is 4.83. The maximum absolute atomic E-state index is 13.3. The van der Waals surface area contributed by atoms with E-state index in [-0.39, 0.29) is 11.9 Å². The second-order valence-corrected chi connectivity index (χ2v) is 10.5. The summed E-state index contributed by atoms with van der Waals surface area (Å²) in [6.07, 6.45) is 0.413. The van der Waals surface area contributed by atoms with Crippen LogP contribution in [0.25, 0.3) is 33.5 Å². The number of carboxylic acid groups (broad SMARTS) is 1. The normalized spacial score (nSPS) is 15.6. The molecule has 0 spiro atoms. The number of amides is 2. The van der Waals surface area contributed by atoms with Crippen LogP contribution in [0.4, 0.5) is 4.79 Å². The van der Waals surface area contributed by atoms with Crippen molar-refractivity contribution >= 4 is 45.5 Å². The van der Waals surface area contributed by atoms with Gasteiger partial charge < -0.3 is 24.5 Å². The van der Waals surface area contributed by atoms with Gasteiger partial charge in [-0.25, -0.2) is 9.78 Å². The fourth-order valence-corrected chi connectivity index (χ4v) is 5.80. The van der Waals surface area contributed by atoms with Crippen molar-refractivity contribution in [1.82, 2.24) is 24.3 Å². The SMILES string of the molecule is Cn1c(-c2cc3ccccc3n2Cc2cccc(Cl)c2)nc2cc(C(=O)N3CCC[C@@H](NC(=O)O)C3)ccc21. The van der Waals surface area contributed by atoms with Gasteiger partial charge in [-0.05, 0) is 60.9 Å². The number of imidazole rings is 1. The Labute approximate surface area is 230 Å². The highest BCUT2D eigenvalue weighted by Crippen LogP contribution is 2.31. The van der Waals surface area contributed by atoms with Crippen LogP contribution in [0.1, 0.15) is 28.8 Å². The molecule has 0 aliphatic carbocycles. The van der Waals surface area contributed by atoms with Crippen LogP contribution in [0.15, 0.2) is 72.8 Å². The number of fused-ring (bicyclic) bond motifs is 2. The Morgan fingerprint density at radius 2 is 1.90 bits per heavy atom. The van der Waals surface area contributed by atoms with Crippen molar-refractivity contribution in [1.29, 1.82) is 0 Å². The Bertz CT molecular complexity index is 1720. The molecule has 3 aromatic carbocycles. The van der Waals surface area contributed by atoms with Gasteiger partial charge in [-0.15, -0.1) is 0 Å². The van der Waals surface area contributed by atoms with Crippen LogP contribution < -0.4 is 5.32 Å². The molecule has 198 valence electrons. The molecule has 0 saturated carbocycles. The van der Waals surface area contributed by atoms with Crippen molar-refractivity contribution in [2.45, 2.75) is 25.4 Å². The lowest BCUT2D eigenvalue weighted by Gasteiger charge is -2.32. The minimum absolute atomic E-state index is 0.115. The summed E-state index contributed by atoms with van der Waals surface area (Å²) in [4.78, 5) is 31.1. The number of hydrogen-bond donors (Lipinski definition) is 2. The van der Waals surface area contributed by atoms with Crippen molar-refractivity contribution in [2.24, 2.45) is 7.05 Å². The number of rotatable bonds is 5. The van der Waals surface area contributed by atoms with Gasteiger partial charge in [-0.2, -0.15) is 0 Å². The molecule has 6 rings (SSSR count). The Morgan fingerprint density at radius 1 is 1.05 bits per heavy atom. The Balaban J connectivity index is 1.37. The standard InChI is InChI=1S/C30H28ClN5O3/c1-34-26-12-11-21(29(37)35-13-5-9-23(18-35)32-30(38)39)15-24(26)33-28(34)27-16-20-7-2-3-10-25(20)36(27)17-19-6-4-8-22(31)14-19/h2-4,6-8,10-12,14-16,23,32H,5,9,13,17-18H2,1H3,(H,38,39)/t23-/m1/s1. The summed E-state index contributed by atoms with van der Waals surface area (Å²) in [5.41, 5.74) is 5.36. The zero-order chi connectivity index (χ0) is 27.1. The molecular weight excluding hydrogens is 514 g/mol. The summed E-state index contributed by atoms with van der Waals surface area (Å²) < 4.78 is 4.30. The van der Waals surface area contributed by atoms with Crippen LogP contribution in [-0.4, -0.2) is 55.3 Å². The summed E-state index contributed by atoms with van der Waals surface area (Å²) >= 11 is 6.28. The first kappa shape index (κ1) is 25.0. The lowest BCUT2D eigenvalue weighted by Crippen LogP contribution is -2.49. The van der Waals surface area contributed by atoms with Gasteiger partial charge in [0.05, 0.1) is 16.7 Å². The van der Waals surface area contributed by atoms with E-state index in [1.807, 2.05) is 55.6 Å². The number of likely N-dealkylation sites (tertiary alicyclic amines) is 1. The first-order chi connectivity index (χ1) is 18.9. The van der Waals surface area contributed by atoms with Crippen LogP contribution in [-0.2, 0) is 13.6 Å². The molecule has 1 saturated heterocycles. The topological polar surface area (TPSA) is 92.4 Å². The second-order valence-electron chi connectivity index (χ2n) is 10.0. The molecular formula is C30H28ClN5O3. The lowest BCUT2D eigenvalue weighted by atomic mass is 10.0. The lowest BCUT2D eigenvalue weighted by molar-refractivity contribution is 0.0692. The van der Waals surface area contributed by atoms with Gasteiger partial charge in [0.15, 0.2) is 5.82 Å². The second kappa shape index (κ2) is 10.1. The van der Waals surface area contributed by atoms with E-state index in [1.165, 1.54) is 0 Å². The highest BCUT2D eigenvalue weighted by Gasteiger charge is 2.26. The van der Waals surface area contributed by atoms with Gasteiger partial charge in [0.25, 0.3) is 5.91 Å². The fraction of sp³-hybridized carbons (Fsp3) is 0.233. The van der Waals surface area contributed by atoms with Crippen LogP contribution in [0.2, 0.25) is 5.02 Å². The van der Waals surface area contributed by atoms with E-state index in [4.69, 9.17) is 21.7 Å². The molecule has 0 radical (unpaired) electrons. The molecule has 2 amide bonds. The van der Waals surface area contributed by atoms with E-state index >= 15 is 0 Å². The summed E-state index contributed by atoms with van der Waals surface area (Å²) in [6, 6.07) is 23.6. The van der Waals surface area contributed by atoms with Gasteiger partial charge in [-0.3, -0.25) is 4.79 Å². The fourth-order valence-electron chi connectivity index (χ4n) is 5.58. The molecule has 5 aromatic rings. The first-order valence-corrected chi connectivity index (χ1v) is 13.3. The van der Waals surface area contributed by atoms with E-state index in [1.54, 1.807) is 4.90 Å². The van der Waals surface area contributed by atoms with Crippen LogP contribution in [0, 0.1) is 0 Å². The zero-order valence-electron chi connectivity index (χ0n) is 21.5. The Kier molecular flexibility index (Phi) is 6.48. The summed E-state index contributed by atoms with van der Waals surface area (Å²) in [5.74, 6) is 0.688. The number of aromatic nitrogens is 3. The van der Waals surface area contributed by atoms with E-state index in [0.29, 0.717) is 30.2 Å². The van der Waals surface area contributed by atoms with Crippen LogP contribution in [0.5, 0.6) is 0 Å². The monoisotopic (exact) mass is 541 g/mol. The molecule has 1 aliphatic heterocycles. The van der Waals surface area contributed by atoms with Gasteiger partial charge in [0.2, 0.25) is 0 Å². The average Bonchev–Trinajstić information content (AvgIpc) is 3.45. The predicted octanol–water partition coefficient (Wildman–Crippen LogP) is 5.77. The minimum atomic E-state index is -1.07. The Morgan fingerprint density at radius 3 is 2.72 bits per heavy atom. The Hall–Kier alpha value is -4.30. The maximum atomic E-state index is 13.3. The largest absolute Gasteiger partial charge is 0.465 e. The van der Waals surface area contributed by atoms with Crippen molar-refractivity contribution in [2.75, 3.05) is 13.1 Å². The number of piperidine rings is 1. The quantitative estimate of drug-likeness (QED) is 0.295. The zero-order valence-corrected chi connectivity index (χ0v) is 22.2. The van der Waals surface area contributed by atoms with Gasteiger partial charge >= 0.3 is 6.09 Å². The smallest absolute Gasteiger partial charge is 0.404 e. The van der Waals surface area contributed by atoms with E-state index in [9.17, 15) is 9.59 Å². The number of nitrogens with one attached hydrogen (secondary N) is 1. The van der Waals surface area contributed by atoms with Crippen LogP contribution >= 0.6 is 11.6 Å². The molecule has 9 heteroatoms. The number of hydrogen-bond acceptors (Lipinski definition) is 3. The number of carbonyl (C=O) groups is 2. The maximum Gasteiger partial charge on any atom is 0.404 e. The summed E-state index contributed by atoms with van der Waals surface area (Å²) in [5, 5.41) is 13.4. The molecule has 3 heterocycles. The molecule has 8 nitrogen and oxygen atoms in total. The molecule has 0 bridgehead atoms. The van der Waals surface area contributed by atoms with Crippen molar-refractivity contribution in [3.8, 4) is 11.5 Å². The van der Waals surface area contributed by atoms with Gasteiger partial charge in [-0.1, -0.05) is 41.9 Å². The minimum Gasteiger partial charge on any atom is -0.465 e. The molecule has 2 N–H and O–H groups in total. The molecule has 2 aromatic heterocycles. The van der Waals surface area contributed by atoms with Crippen molar-refractivity contribution < 1.29 is 14.7 Å². The van der Waals surface area contributed by atoms with Crippen LogP contribution in [0.3, 0.4) is 0 Å². The average molecular weight is 542 g/mol. The van der Waals surface area contributed by atoms with Crippen molar-refractivity contribution in [3.63, 3.8) is 0 Å². The number of aryl methyl sites for hydroxylation is 1. The third-order valence-electron chi connectivity index (χ3n) is 7.43. The predicted molar refractivity (Wildman–Crippen MR) is 152 cm³/mol.